The molecule has 0 spiro atoms. The van der Waals surface area contributed by atoms with E-state index in [1.54, 1.807) is 0 Å². The number of hydrogen-bond acceptors (Lipinski definition) is 2. The van der Waals surface area contributed by atoms with Crippen LogP contribution in [0.3, 0.4) is 0 Å². The number of anilines is 1. The summed E-state index contributed by atoms with van der Waals surface area (Å²) in [7, 11) is 2.24. The second kappa shape index (κ2) is 5.71. The number of likely N-dealkylation sites (N-methyl/N-ethyl adjacent to an activating group) is 1. The van der Waals surface area contributed by atoms with Gasteiger partial charge < -0.3 is 9.80 Å². The van der Waals surface area contributed by atoms with E-state index < -0.39 is 0 Å². The zero-order valence-corrected chi connectivity index (χ0v) is 14.5. The number of benzene rings is 2. The van der Waals surface area contributed by atoms with E-state index in [0.29, 0.717) is 6.04 Å². The van der Waals surface area contributed by atoms with Crippen molar-refractivity contribution in [1.82, 2.24) is 4.90 Å². The highest BCUT2D eigenvalue weighted by molar-refractivity contribution is 9.10. The van der Waals surface area contributed by atoms with Gasteiger partial charge in [0.1, 0.15) is 0 Å². The van der Waals surface area contributed by atoms with Crippen LogP contribution in [-0.2, 0) is 0 Å². The molecule has 2 aromatic carbocycles. The van der Waals surface area contributed by atoms with E-state index in [2.05, 4.69) is 81.3 Å². The van der Waals surface area contributed by atoms with Gasteiger partial charge in [-0.05, 0) is 54.8 Å². The third-order valence-corrected chi connectivity index (χ3v) is 5.64. The van der Waals surface area contributed by atoms with Crippen LogP contribution >= 0.6 is 15.9 Å². The molecule has 114 valence electrons. The average molecular weight is 357 g/mol. The monoisotopic (exact) mass is 356 g/mol. The summed E-state index contributed by atoms with van der Waals surface area (Å²) in [6.07, 6.45) is 1.34. The maximum atomic E-state index is 3.49. The number of likely N-dealkylation sites (tertiary alicyclic amines) is 1. The van der Waals surface area contributed by atoms with E-state index in [0.717, 1.165) is 10.4 Å². The lowest BCUT2D eigenvalue weighted by atomic mass is 10.0. The molecule has 22 heavy (non-hydrogen) atoms. The van der Waals surface area contributed by atoms with Gasteiger partial charge in [-0.3, -0.25) is 0 Å². The highest BCUT2D eigenvalue weighted by atomic mass is 79.9. The number of nitrogens with zero attached hydrogens (tertiary/aromatic N) is 2. The van der Waals surface area contributed by atoms with Crippen molar-refractivity contribution in [3.8, 4) is 11.1 Å². The highest BCUT2D eigenvalue weighted by Gasteiger charge is 2.39. The minimum atomic E-state index is 0.712. The van der Waals surface area contributed by atoms with Crippen molar-refractivity contribution in [3.05, 3.63) is 53.0 Å². The first-order chi connectivity index (χ1) is 10.7. The summed E-state index contributed by atoms with van der Waals surface area (Å²) in [5.74, 6) is 0.858. The van der Waals surface area contributed by atoms with E-state index >= 15 is 0 Å². The number of rotatable bonds is 2. The minimum absolute atomic E-state index is 0.712. The molecule has 0 unspecified atom stereocenters. The molecule has 2 nitrogen and oxygen atoms in total. The van der Waals surface area contributed by atoms with Gasteiger partial charge in [-0.2, -0.15) is 0 Å². The summed E-state index contributed by atoms with van der Waals surface area (Å²) in [5.41, 5.74) is 3.94. The largest absolute Gasteiger partial charge is 0.367 e. The number of fused-ring (bicyclic) bond motifs is 1. The molecule has 2 heterocycles. The molecule has 2 atom stereocenters. The molecule has 0 aliphatic carbocycles. The molecule has 2 saturated heterocycles. The third kappa shape index (κ3) is 2.57. The van der Waals surface area contributed by atoms with Crippen molar-refractivity contribution in [2.45, 2.75) is 12.5 Å². The van der Waals surface area contributed by atoms with Gasteiger partial charge in [0.2, 0.25) is 0 Å². The molecule has 4 rings (SSSR count). The lowest BCUT2D eigenvalue weighted by molar-refractivity contribution is 0.386. The summed E-state index contributed by atoms with van der Waals surface area (Å²) in [6.45, 7) is 3.68. The molecule has 2 aromatic rings. The number of halogens is 1. The fourth-order valence-electron chi connectivity index (χ4n) is 3.98. The van der Waals surface area contributed by atoms with Gasteiger partial charge in [-0.15, -0.1) is 0 Å². The maximum absolute atomic E-state index is 3.49. The smallest absolute Gasteiger partial charge is 0.0457 e. The summed E-state index contributed by atoms with van der Waals surface area (Å²) in [6, 6.07) is 18.3. The van der Waals surface area contributed by atoms with Gasteiger partial charge in [0.05, 0.1) is 0 Å². The normalized spacial score (nSPS) is 24.7. The second-order valence-corrected chi connectivity index (χ2v) is 7.50. The summed E-state index contributed by atoms with van der Waals surface area (Å²) >= 11 is 3.49. The lowest BCUT2D eigenvalue weighted by Gasteiger charge is -2.26. The van der Waals surface area contributed by atoms with Crippen LogP contribution in [-0.4, -0.2) is 37.6 Å². The van der Waals surface area contributed by atoms with Crippen LogP contribution in [0.15, 0.2) is 53.0 Å². The van der Waals surface area contributed by atoms with Crippen LogP contribution in [0.1, 0.15) is 6.42 Å². The Morgan fingerprint density at radius 2 is 1.55 bits per heavy atom. The molecule has 0 saturated carbocycles. The Hall–Kier alpha value is -1.32. The molecular weight excluding hydrogens is 336 g/mol. The Labute approximate surface area is 140 Å². The first-order valence-electron chi connectivity index (χ1n) is 8.02. The average Bonchev–Trinajstić information content (AvgIpc) is 3.07. The lowest BCUT2D eigenvalue weighted by Crippen LogP contribution is -2.34. The van der Waals surface area contributed by atoms with Crippen LogP contribution < -0.4 is 4.90 Å². The van der Waals surface area contributed by atoms with E-state index in [1.165, 1.54) is 42.9 Å². The minimum Gasteiger partial charge on any atom is -0.367 e. The Morgan fingerprint density at radius 1 is 0.909 bits per heavy atom. The van der Waals surface area contributed by atoms with Crippen molar-refractivity contribution in [2.75, 3.05) is 31.6 Å². The van der Waals surface area contributed by atoms with Crippen molar-refractivity contribution in [2.24, 2.45) is 5.92 Å². The first kappa shape index (κ1) is 14.3. The van der Waals surface area contributed by atoms with Crippen molar-refractivity contribution >= 4 is 21.6 Å². The van der Waals surface area contributed by atoms with Crippen molar-refractivity contribution < 1.29 is 0 Å². The molecule has 0 amide bonds. The summed E-state index contributed by atoms with van der Waals surface area (Å²) < 4.78 is 1.13. The molecule has 2 fully saturated rings. The highest BCUT2D eigenvalue weighted by Crippen LogP contribution is 2.35. The van der Waals surface area contributed by atoms with Gasteiger partial charge in [0.25, 0.3) is 0 Å². The Balaban J connectivity index is 1.56. The maximum Gasteiger partial charge on any atom is 0.0457 e. The Morgan fingerprint density at radius 3 is 2.23 bits per heavy atom. The Bertz CT molecular complexity index is 650. The van der Waals surface area contributed by atoms with E-state index in [1.807, 2.05) is 0 Å². The number of hydrogen-bond donors (Lipinski definition) is 0. The van der Waals surface area contributed by atoms with Crippen molar-refractivity contribution in [1.29, 1.82) is 0 Å². The van der Waals surface area contributed by atoms with Crippen LogP contribution in [0.2, 0.25) is 0 Å². The fraction of sp³-hybridized carbons (Fsp3) is 0.368. The SMILES string of the molecule is CN1C[C@H]2CCN(c3ccc(-c4ccc(Br)cc4)cc3)[C@H]2C1. The van der Waals surface area contributed by atoms with E-state index in [-0.39, 0.29) is 0 Å². The van der Waals surface area contributed by atoms with Crippen LogP contribution in [0, 0.1) is 5.92 Å². The topological polar surface area (TPSA) is 6.48 Å². The quantitative estimate of drug-likeness (QED) is 0.793. The molecule has 0 radical (unpaired) electrons. The first-order valence-corrected chi connectivity index (χ1v) is 8.81. The molecule has 0 aromatic heterocycles. The van der Waals surface area contributed by atoms with E-state index in [4.69, 9.17) is 0 Å². The molecule has 2 aliphatic rings. The predicted octanol–water partition coefficient (Wildman–Crippen LogP) is 4.26. The molecule has 0 bridgehead atoms. The standard InChI is InChI=1S/C19H21BrN2/c1-21-12-16-10-11-22(19(16)13-21)18-8-4-15(5-9-18)14-2-6-17(20)7-3-14/h2-9,16,19H,10-13H2,1H3/t16-,19+/m1/s1. The fourth-order valence-corrected chi connectivity index (χ4v) is 4.24. The summed E-state index contributed by atoms with van der Waals surface area (Å²) in [4.78, 5) is 5.08. The zero-order valence-electron chi connectivity index (χ0n) is 12.9. The van der Waals surface area contributed by atoms with Gasteiger partial charge in [0.15, 0.2) is 0 Å². The van der Waals surface area contributed by atoms with Crippen LogP contribution in [0.4, 0.5) is 5.69 Å². The third-order valence-electron chi connectivity index (χ3n) is 5.11. The van der Waals surface area contributed by atoms with Gasteiger partial charge in [0, 0.05) is 35.8 Å². The summed E-state index contributed by atoms with van der Waals surface area (Å²) in [5, 5.41) is 0. The van der Waals surface area contributed by atoms with Crippen LogP contribution in [0.25, 0.3) is 11.1 Å². The molecule has 2 aliphatic heterocycles. The Kier molecular flexibility index (Phi) is 3.71. The second-order valence-electron chi connectivity index (χ2n) is 6.58. The van der Waals surface area contributed by atoms with Gasteiger partial charge in [-0.1, -0.05) is 40.2 Å². The molecular formula is C19H21BrN2. The van der Waals surface area contributed by atoms with Gasteiger partial charge >= 0.3 is 0 Å². The van der Waals surface area contributed by atoms with E-state index in [9.17, 15) is 0 Å². The van der Waals surface area contributed by atoms with Gasteiger partial charge in [-0.25, -0.2) is 0 Å². The van der Waals surface area contributed by atoms with Crippen LogP contribution in [0.5, 0.6) is 0 Å². The molecule has 0 N–H and O–H groups in total. The van der Waals surface area contributed by atoms with Crippen molar-refractivity contribution in [3.63, 3.8) is 0 Å². The molecule has 3 heteroatoms. The predicted molar refractivity (Wildman–Crippen MR) is 96.3 cm³/mol. The zero-order chi connectivity index (χ0) is 15.1.